The van der Waals surface area contributed by atoms with Crippen LogP contribution in [-0.4, -0.2) is 15.3 Å². The molecule has 0 aliphatic rings. The molecule has 0 radical (unpaired) electrons. The van der Waals surface area contributed by atoms with Crippen LogP contribution < -0.4 is 9.47 Å². The molecule has 0 aliphatic heterocycles. The summed E-state index contributed by atoms with van der Waals surface area (Å²) in [4.78, 5) is 0. The maximum Gasteiger partial charge on any atom is 0.131 e. The minimum absolute atomic E-state index is 0.163. The minimum Gasteiger partial charge on any atom is -0.508 e. The average molecular weight is 623 g/mol. The van der Waals surface area contributed by atoms with E-state index in [0.717, 1.165) is 66.7 Å². The van der Waals surface area contributed by atoms with Crippen molar-refractivity contribution in [3.63, 3.8) is 0 Å². The molecular formula is C42H38O5. The largest absolute Gasteiger partial charge is 0.508 e. The second kappa shape index (κ2) is 15.1. The van der Waals surface area contributed by atoms with Crippen LogP contribution in [-0.2, 0) is 38.5 Å². The van der Waals surface area contributed by atoms with Gasteiger partial charge in [-0.25, -0.2) is 0 Å². The van der Waals surface area contributed by atoms with Crippen LogP contribution in [0.3, 0.4) is 0 Å². The summed E-state index contributed by atoms with van der Waals surface area (Å²) in [6, 6.07) is 44.4. The van der Waals surface area contributed by atoms with Crippen molar-refractivity contribution in [3.05, 3.63) is 173 Å². The summed E-state index contributed by atoms with van der Waals surface area (Å²) in [6.07, 6.45) is 4.98. The maximum atomic E-state index is 10.3. The van der Waals surface area contributed by atoms with Crippen molar-refractivity contribution in [2.24, 2.45) is 0 Å². The van der Waals surface area contributed by atoms with Gasteiger partial charge in [0.1, 0.15) is 40.2 Å². The van der Waals surface area contributed by atoms with E-state index in [-0.39, 0.29) is 11.5 Å². The summed E-state index contributed by atoms with van der Waals surface area (Å²) in [7, 11) is 0. The van der Waals surface area contributed by atoms with Crippen LogP contribution in [0, 0.1) is 0 Å². The van der Waals surface area contributed by atoms with E-state index in [0.29, 0.717) is 17.2 Å². The van der Waals surface area contributed by atoms with Gasteiger partial charge in [0, 0.05) is 6.07 Å². The molecule has 6 aromatic carbocycles. The quantitative estimate of drug-likeness (QED) is 0.120. The summed E-state index contributed by atoms with van der Waals surface area (Å²) >= 11 is 0. The first-order chi connectivity index (χ1) is 22.9. The predicted octanol–water partition coefficient (Wildman–Crippen LogP) is 9.74. The number of aryl methyl sites for hydroxylation is 6. The maximum absolute atomic E-state index is 10.3. The van der Waals surface area contributed by atoms with Gasteiger partial charge in [-0.1, -0.05) is 60.7 Å². The lowest BCUT2D eigenvalue weighted by Crippen LogP contribution is -1.94. The fourth-order valence-corrected chi connectivity index (χ4v) is 5.62. The number of aromatic hydroxyl groups is 3. The Labute approximate surface area is 276 Å². The summed E-state index contributed by atoms with van der Waals surface area (Å²) in [5.41, 5.74) is 6.74. The molecule has 0 aromatic heterocycles. The molecule has 236 valence electrons. The van der Waals surface area contributed by atoms with Gasteiger partial charge in [0.15, 0.2) is 0 Å². The van der Waals surface area contributed by atoms with Crippen LogP contribution in [0.4, 0.5) is 0 Å². The van der Waals surface area contributed by atoms with Crippen LogP contribution in [0.2, 0.25) is 0 Å². The van der Waals surface area contributed by atoms with Crippen LogP contribution >= 0.6 is 0 Å². The molecule has 5 nitrogen and oxygen atoms in total. The normalized spacial score (nSPS) is 10.9. The first-order valence-electron chi connectivity index (χ1n) is 15.9. The van der Waals surface area contributed by atoms with Gasteiger partial charge in [0.25, 0.3) is 0 Å². The van der Waals surface area contributed by atoms with Crippen molar-refractivity contribution in [3.8, 4) is 40.2 Å². The van der Waals surface area contributed by atoms with Crippen molar-refractivity contribution >= 4 is 0 Å². The van der Waals surface area contributed by atoms with Crippen molar-refractivity contribution in [1.29, 1.82) is 0 Å². The van der Waals surface area contributed by atoms with Gasteiger partial charge < -0.3 is 24.8 Å². The van der Waals surface area contributed by atoms with Gasteiger partial charge in [-0.2, -0.15) is 0 Å². The van der Waals surface area contributed by atoms with Gasteiger partial charge in [0.2, 0.25) is 0 Å². The number of ether oxygens (including phenoxy) is 2. The monoisotopic (exact) mass is 622 g/mol. The molecule has 5 heteroatoms. The van der Waals surface area contributed by atoms with E-state index in [4.69, 9.17) is 9.47 Å². The van der Waals surface area contributed by atoms with Gasteiger partial charge in [-0.15, -0.1) is 0 Å². The smallest absolute Gasteiger partial charge is 0.131 e. The summed E-state index contributed by atoms with van der Waals surface area (Å²) in [5, 5.41) is 29.7. The topological polar surface area (TPSA) is 79.2 Å². The lowest BCUT2D eigenvalue weighted by Gasteiger charge is -2.11. The Kier molecular flexibility index (Phi) is 10.0. The molecule has 0 saturated carbocycles. The molecule has 0 fully saturated rings. The van der Waals surface area contributed by atoms with E-state index < -0.39 is 0 Å². The fraction of sp³-hybridized carbons (Fsp3) is 0.143. The molecule has 6 rings (SSSR count). The molecular weight excluding hydrogens is 584 g/mol. The molecule has 0 atom stereocenters. The van der Waals surface area contributed by atoms with E-state index in [9.17, 15) is 15.3 Å². The van der Waals surface area contributed by atoms with Crippen LogP contribution in [0.15, 0.2) is 140 Å². The SMILES string of the molecule is Oc1cccc(CCc2cccc(Oc3ccc(CCc4ccc(Oc5cc(O)cc(CCc6cccc(O)c6)c5)cc4)cc3)c2)c1. The highest BCUT2D eigenvalue weighted by Crippen LogP contribution is 2.29. The number of phenols is 3. The van der Waals surface area contributed by atoms with Crippen molar-refractivity contribution in [1.82, 2.24) is 0 Å². The Balaban J connectivity index is 0.979. The van der Waals surface area contributed by atoms with E-state index in [2.05, 4.69) is 36.4 Å². The van der Waals surface area contributed by atoms with Gasteiger partial charge in [0.05, 0.1) is 0 Å². The molecule has 0 heterocycles. The number of hydrogen-bond acceptors (Lipinski definition) is 5. The molecule has 0 amide bonds. The van der Waals surface area contributed by atoms with Crippen LogP contribution in [0.5, 0.6) is 40.2 Å². The number of hydrogen-bond donors (Lipinski definition) is 3. The molecule has 6 aromatic rings. The van der Waals surface area contributed by atoms with E-state index in [1.807, 2.05) is 72.8 Å². The number of phenolic OH excluding ortho intramolecular Hbond substituents is 3. The Morgan fingerprint density at radius 3 is 1.23 bits per heavy atom. The zero-order valence-electron chi connectivity index (χ0n) is 26.2. The van der Waals surface area contributed by atoms with Gasteiger partial charge >= 0.3 is 0 Å². The molecule has 0 spiro atoms. The first kappa shape index (κ1) is 31.3. The average Bonchev–Trinajstić information content (AvgIpc) is 3.07. The molecule has 47 heavy (non-hydrogen) atoms. The minimum atomic E-state index is 0.163. The summed E-state index contributed by atoms with van der Waals surface area (Å²) < 4.78 is 12.2. The zero-order chi connectivity index (χ0) is 32.4. The third-order valence-corrected chi connectivity index (χ3v) is 8.10. The van der Waals surface area contributed by atoms with E-state index in [1.165, 1.54) is 16.7 Å². The lowest BCUT2D eigenvalue weighted by atomic mass is 10.0. The Morgan fingerprint density at radius 1 is 0.298 bits per heavy atom. The molecule has 0 unspecified atom stereocenters. The molecule has 0 bridgehead atoms. The van der Waals surface area contributed by atoms with Crippen molar-refractivity contribution < 1.29 is 24.8 Å². The molecule has 3 N–H and O–H groups in total. The third-order valence-electron chi connectivity index (χ3n) is 8.10. The predicted molar refractivity (Wildman–Crippen MR) is 186 cm³/mol. The standard InChI is InChI=1S/C42H38O5/c43-36-7-1-4-32(24-36)12-13-34-6-3-9-41(27-34)46-39-20-16-30(17-21-39)10-11-31-18-22-40(23-19-31)47-42-28-35(26-38(45)29-42)15-14-33-5-2-8-37(44)25-33/h1-9,16-29,43-45H,10-15H2. The second-order valence-corrected chi connectivity index (χ2v) is 11.8. The molecule has 0 saturated heterocycles. The highest BCUT2D eigenvalue weighted by atomic mass is 16.5. The lowest BCUT2D eigenvalue weighted by molar-refractivity contribution is 0.453. The highest BCUT2D eigenvalue weighted by molar-refractivity contribution is 5.42. The van der Waals surface area contributed by atoms with E-state index >= 15 is 0 Å². The summed E-state index contributed by atoms with van der Waals surface area (Å²) in [5.74, 6) is 3.63. The Hall–Kier alpha value is -5.68. The Morgan fingerprint density at radius 2 is 0.702 bits per heavy atom. The number of rotatable bonds is 13. The van der Waals surface area contributed by atoms with Crippen LogP contribution in [0.25, 0.3) is 0 Å². The molecule has 0 aliphatic carbocycles. The summed E-state index contributed by atoms with van der Waals surface area (Å²) in [6.45, 7) is 0. The van der Waals surface area contributed by atoms with Crippen molar-refractivity contribution in [2.75, 3.05) is 0 Å². The second-order valence-electron chi connectivity index (χ2n) is 11.8. The fourth-order valence-electron chi connectivity index (χ4n) is 5.62. The Bertz CT molecular complexity index is 1910. The number of benzene rings is 6. The van der Waals surface area contributed by atoms with Crippen molar-refractivity contribution in [2.45, 2.75) is 38.5 Å². The van der Waals surface area contributed by atoms with Gasteiger partial charge in [-0.05, 0) is 145 Å². The highest BCUT2D eigenvalue weighted by Gasteiger charge is 2.06. The van der Waals surface area contributed by atoms with E-state index in [1.54, 1.807) is 30.3 Å². The van der Waals surface area contributed by atoms with Gasteiger partial charge in [-0.3, -0.25) is 0 Å². The zero-order valence-corrected chi connectivity index (χ0v) is 26.2. The van der Waals surface area contributed by atoms with Crippen LogP contribution in [0.1, 0.15) is 33.4 Å². The third kappa shape index (κ3) is 9.41. The first-order valence-corrected chi connectivity index (χ1v) is 15.9.